The predicted molar refractivity (Wildman–Crippen MR) is 87.3 cm³/mol. The fourth-order valence-electron chi connectivity index (χ4n) is 2.24. The summed E-state index contributed by atoms with van der Waals surface area (Å²) in [5.41, 5.74) is 1.10. The fraction of sp³-hybridized carbons (Fsp3) is 0.467. The third kappa shape index (κ3) is 4.98. The van der Waals surface area contributed by atoms with Gasteiger partial charge < -0.3 is 21.1 Å². The van der Waals surface area contributed by atoms with Crippen molar-refractivity contribution in [1.29, 1.82) is 0 Å². The number of carbonyl (C=O) groups is 2. The molecule has 0 aromatic heterocycles. The number of benzene rings is 1. The van der Waals surface area contributed by atoms with E-state index in [9.17, 15) is 14.7 Å². The van der Waals surface area contributed by atoms with E-state index in [1.165, 1.54) is 0 Å². The van der Waals surface area contributed by atoms with Gasteiger partial charge in [0.25, 0.3) is 5.91 Å². The number of hydrogen-bond acceptors (Lipinski definition) is 4. The molecule has 0 spiro atoms. The van der Waals surface area contributed by atoms with Crippen LogP contribution in [0.3, 0.4) is 0 Å². The van der Waals surface area contributed by atoms with Crippen LogP contribution in [-0.2, 0) is 4.79 Å². The lowest BCUT2D eigenvalue weighted by molar-refractivity contribution is -0.115. The Kier molecular flexibility index (Phi) is 7.31. The first kappa shape index (κ1) is 18.4. The van der Waals surface area contributed by atoms with Crippen LogP contribution in [0.4, 0.5) is 5.69 Å². The van der Waals surface area contributed by atoms with Crippen LogP contribution in [-0.4, -0.2) is 42.7 Å². The molecule has 1 aromatic carbocycles. The zero-order valence-electron chi connectivity index (χ0n) is 12.5. The van der Waals surface area contributed by atoms with Gasteiger partial charge in [0.15, 0.2) is 0 Å². The Balaban J connectivity index is 0.00000242. The molecular weight excluding hydrogens is 306 g/mol. The van der Waals surface area contributed by atoms with Crippen molar-refractivity contribution < 1.29 is 14.7 Å². The van der Waals surface area contributed by atoms with E-state index in [0.717, 1.165) is 0 Å². The van der Waals surface area contributed by atoms with E-state index in [1.54, 1.807) is 31.2 Å². The number of hydrogen-bond donors (Lipinski definition) is 4. The van der Waals surface area contributed by atoms with Crippen LogP contribution in [0.25, 0.3) is 0 Å². The van der Waals surface area contributed by atoms with Gasteiger partial charge in [0, 0.05) is 43.2 Å². The average Bonchev–Trinajstić information content (AvgIpc) is 2.90. The molecule has 7 heteroatoms. The van der Waals surface area contributed by atoms with Gasteiger partial charge >= 0.3 is 0 Å². The minimum Gasteiger partial charge on any atom is -0.391 e. The number of aliphatic hydroxyl groups excluding tert-OH is 1. The molecule has 1 aliphatic rings. The molecule has 0 bridgehead atoms. The van der Waals surface area contributed by atoms with Crippen LogP contribution in [0.5, 0.6) is 0 Å². The highest BCUT2D eigenvalue weighted by Gasteiger charge is 2.25. The minimum absolute atomic E-state index is 0. The van der Waals surface area contributed by atoms with Gasteiger partial charge in [0.05, 0.1) is 6.10 Å². The van der Waals surface area contributed by atoms with E-state index in [4.69, 9.17) is 0 Å². The maximum Gasteiger partial charge on any atom is 0.251 e. The highest BCUT2D eigenvalue weighted by molar-refractivity contribution is 5.97. The van der Waals surface area contributed by atoms with Crippen LogP contribution < -0.4 is 16.0 Å². The lowest BCUT2D eigenvalue weighted by Crippen LogP contribution is -2.34. The van der Waals surface area contributed by atoms with Crippen molar-refractivity contribution in [2.75, 3.05) is 25.0 Å². The monoisotopic (exact) mass is 327 g/mol. The van der Waals surface area contributed by atoms with E-state index in [-0.39, 0.29) is 30.1 Å². The predicted octanol–water partition coefficient (Wildman–Crippen LogP) is 0.767. The van der Waals surface area contributed by atoms with Crippen molar-refractivity contribution in [3.63, 3.8) is 0 Å². The summed E-state index contributed by atoms with van der Waals surface area (Å²) in [6, 6.07) is 6.81. The second kappa shape index (κ2) is 8.73. The van der Waals surface area contributed by atoms with Crippen molar-refractivity contribution in [2.24, 2.45) is 5.92 Å². The van der Waals surface area contributed by atoms with E-state index in [2.05, 4.69) is 16.0 Å². The highest BCUT2D eigenvalue weighted by Crippen LogP contribution is 2.12. The van der Waals surface area contributed by atoms with Crippen LogP contribution in [0.15, 0.2) is 24.3 Å². The summed E-state index contributed by atoms with van der Waals surface area (Å²) < 4.78 is 0. The zero-order valence-corrected chi connectivity index (χ0v) is 13.3. The molecule has 2 unspecified atom stereocenters. The second-order valence-corrected chi connectivity index (χ2v) is 5.18. The molecule has 1 heterocycles. The summed E-state index contributed by atoms with van der Waals surface area (Å²) in [7, 11) is 0. The lowest BCUT2D eigenvalue weighted by Gasteiger charge is -2.14. The maximum atomic E-state index is 12.1. The normalized spacial score (nSPS) is 20.1. The van der Waals surface area contributed by atoms with Gasteiger partial charge in [-0.25, -0.2) is 0 Å². The van der Waals surface area contributed by atoms with Gasteiger partial charge in [-0.1, -0.05) is 13.0 Å². The Hall–Kier alpha value is -1.63. The SMILES string of the molecule is CCC(=O)Nc1cccc(C(=O)NCC2CNCC2O)c1.Cl. The van der Waals surface area contributed by atoms with Gasteiger partial charge in [-0.2, -0.15) is 0 Å². The van der Waals surface area contributed by atoms with Gasteiger partial charge in [0.1, 0.15) is 0 Å². The third-order valence-corrected chi connectivity index (χ3v) is 3.56. The molecule has 0 saturated carbocycles. The fourth-order valence-corrected chi connectivity index (χ4v) is 2.24. The van der Waals surface area contributed by atoms with Gasteiger partial charge in [-0.3, -0.25) is 9.59 Å². The van der Waals surface area contributed by atoms with Crippen LogP contribution in [0, 0.1) is 5.92 Å². The molecule has 2 amide bonds. The molecule has 6 nitrogen and oxygen atoms in total. The van der Waals surface area contributed by atoms with E-state index >= 15 is 0 Å². The first-order valence-electron chi connectivity index (χ1n) is 7.17. The quantitative estimate of drug-likeness (QED) is 0.643. The van der Waals surface area contributed by atoms with E-state index < -0.39 is 6.10 Å². The Morgan fingerprint density at radius 3 is 2.77 bits per heavy atom. The molecule has 1 saturated heterocycles. The lowest BCUT2D eigenvalue weighted by atomic mass is 10.1. The maximum absolute atomic E-state index is 12.1. The molecule has 0 aliphatic carbocycles. The number of nitrogens with one attached hydrogen (secondary N) is 3. The van der Waals surface area contributed by atoms with Gasteiger partial charge in [-0.15, -0.1) is 12.4 Å². The molecule has 2 rings (SSSR count). The molecule has 1 fully saturated rings. The number of rotatable bonds is 5. The number of carbonyl (C=O) groups excluding carboxylic acids is 2. The number of aliphatic hydroxyl groups is 1. The van der Waals surface area contributed by atoms with Crippen molar-refractivity contribution in [1.82, 2.24) is 10.6 Å². The number of β-amino-alcohol motifs (C(OH)–C–C–N with tert-alkyl or cyclic N) is 1. The van der Waals surface area contributed by atoms with Crippen molar-refractivity contribution >= 4 is 29.9 Å². The molecule has 1 aromatic rings. The molecule has 4 N–H and O–H groups in total. The Bertz CT molecular complexity index is 525. The van der Waals surface area contributed by atoms with Crippen molar-refractivity contribution in [3.8, 4) is 0 Å². The Morgan fingerprint density at radius 2 is 2.14 bits per heavy atom. The molecule has 22 heavy (non-hydrogen) atoms. The van der Waals surface area contributed by atoms with Crippen LogP contribution in [0.2, 0.25) is 0 Å². The minimum atomic E-state index is -0.416. The summed E-state index contributed by atoms with van der Waals surface area (Å²) >= 11 is 0. The summed E-state index contributed by atoms with van der Waals surface area (Å²) in [4.78, 5) is 23.4. The number of anilines is 1. The standard InChI is InChI=1S/C15H21N3O3.ClH/c1-2-14(20)18-12-5-3-4-10(6-12)15(21)17-8-11-7-16-9-13(11)19;/h3-6,11,13,16,19H,2,7-9H2,1H3,(H,17,21)(H,18,20);1H. The van der Waals surface area contributed by atoms with Gasteiger partial charge in [-0.05, 0) is 18.2 Å². The molecule has 122 valence electrons. The Morgan fingerprint density at radius 1 is 1.36 bits per heavy atom. The van der Waals surface area contributed by atoms with Gasteiger partial charge in [0.2, 0.25) is 5.91 Å². The summed E-state index contributed by atoms with van der Waals surface area (Å²) in [5, 5.41) is 18.3. The number of halogens is 1. The van der Waals surface area contributed by atoms with Crippen LogP contribution >= 0.6 is 12.4 Å². The Labute approximate surface area is 136 Å². The molecule has 0 radical (unpaired) electrons. The average molecular weight is 328 g/mol. The second-order valence-electron chi connectivity index (χ2n) is 5.18. The zero-order chi connectivity index (χ0) is 15.2. The first-order valence-corrected chi connectivity index (χ1v) is 7.17. The largest absolute Gasteiger partial charge is 0.391 e. The molecular formula is C15H22ClN3O3. The van der Waals surface area contributed by atoms with Crippen molar-refractivity contribution in [3.05, 3.63) is 29.8 Å². The summed E-state index contributed by atoms with van der Waals surface area (Å²) in [6.45, 7) is 3.47. The van der Waals surface area contributed by atoms with Crippen molar-refractivity contribution in [2.45, 2.75) is 19.4 Å². The summed E-state index contributed by atoms with van der Waals surface area (Å²) in [6.07, 6.45) is -0.0244. The first-order chi connectivity index (χ1) is 10.1. The highest BCUT2D eigenvalue weighted by atomic mass is 35.5. The number of amides is 2. The molecule has 2 atom stereocenters. The molecule has 1 aliphatic heterocycles. The third-order valence-electron chi connectivity index (χ3n) is 3.56. The topological polar surface area (TPSA) is 90.5 Å². The van der Waals surface area contributed by atoms with Crippen LogP contribution in [0.1, 0.15) is 23.7 Å². The smallest absolute Gasteiger partial charge is 0.251 e. The van der Waals surface area contributed by atoms with E-state index in [0.29, 0.717) is 37.3 Å². The summed E-state index contributed by atoms with van der Waals surface area (Å²) in [5.74, 6) is -0.258. The van der Waals surface area contributed by atoms with E-state index in [1.807, 2.05) is 0 Å².